The van der Waals surface area contributed by atoms with E-state index in [1.807, 2.05) is 65.4 Å². The van der Waals surface area contributed by atoms with Crippen LogP contribution in [0.15, 0.2) is 72.2 Å². The van der Waals surface area contributed by atoms with Gasteiger partial charge in [-0.2, -0.15) is 0 Å². The zero-order valence-corrected chi connectivity index (χ0v) is 19.7. The Labute approximate surface area is 205 Å². The van der Waals surface area contributed by atoms with E-state index < -0.39 is 0 Å². The number of anilines is 1. The molecule has 5 aromatic rings. The molecule has 8 heteroatoms. The lowest BCUT2D eigenvalue weighted by molar-refractivity contribution is 0.103. The number of pyridine rings is 1. The van der Waals surface area contributed by atoms with Gasteiger partial charge in [0.1, 0.15) is 16.5 Å². The smallest absolute Gasteiger partial charge is 0.231 e. The fourth-order valence-corrected chi connectivity index (χ4v) is 5.16. The summed E-state index contributed by atoms with van der Waals surface area (Å²) in [6, 6.07) is 18.7. The Balaban J connectivity index is 1.42. The molecule has 1 aliphatic rings. The lowest BCUT2D eigenvalue weighted by atomic mass is 10.1. The number of carbonyl (C=O) groups is 1. The van der Waals surface area contributed by atoms with E-state index in [2.05, 4.69) is 0 Å². The fourth-order valence-electron chi connectivity index (χ4n) is 4.27. The van der Waals surface area contributed by atoms with Crippen molar-refractivity contribution < 1.29 is 19.0 Å². The summed E-state index contributed by atoms with van der Waals surface area (Å²) in [4.78, 5) is 18.5. The zero-order chi connectivity index (χ0) is 23.9. The van der Waals surface area contributed by atoms with Crippen LogP contribution in [0, 0.1) is 0 Å². The standard InChI is InChI=1S/C27H21N3O4S/c1-2-32-18-9-6-16(7-10-18)19-14-35-27(29-19)23-20-5-3-4-12-30(20)25(24(23)28)26(31)17-8-11-21-22(13-17)34-15-33-21/h3-14H,2,15,28H2,1H3. The van der Waals surface area contributed by atoms with Crippen molar-refractivity contribution in [2.75, 3.05) is 19.1 Å². The third-order valence-corrected chi connectivity index (χ3v) is 6.77. The number of nitrogens with two attached hydrogens (primary N) is 1. The Bertz CT molecular complexity index is 1570. The van der Waals surface area contributed by atoms with Crippen LogP contribution in [0.5, 0.6) is 17.2 Å². The van der Waals surface area contributed by atoms with Crippen molar-refractivity contribution in [1.82, 2.24) is 9.38 Å². The number of thiazole rings is 1. The topological polar surface area (TPSA) is 88.1 Å². The molecule has 0 atom stereocenters. The van der Waals surface area contributed by atoms with E-state index in [1.54, 1.807) is 18.2 Å². The average molecular weight is 484 g/mol. The van der Waals surface area contributed by atoms with Gasteiger partial charge in [-0.1, -0.05) is 6.07 Å². The number of nitrogen functional groups attached to an aromatic ring is 1. The maximum atomic E-state index is 13.6. The number of ether oxygens (including phenoxy) is 3. The second kappa shape index (κ2) is 8.48. The van der Waals surface area contributed by atoms with Gasteiger partial charge in [0.15, 0.2) is 11.5 Å². The molecule has 2 aromatic carbocycles. The molecular weight excluding hydrogens is 462 g/mol. The third kappa shape index (κ3) is 3.59. The van der Waals surface area contributed by atoms with E-state index in [9.17, 15) is 4.79 Å². The van der Waals surface area contributed by atoms with E-state index in [0.717, 1.165) is 33.1 Å². The highest BCUT2D eigenvalue weighted by molar-refractivity contribution is 7.13. The molecule has 4 heterocycles. The second-order valence-corrected chi connectivity index (χ2v) is 8.84. The molecule has 0 amide bonds. The summed E-state index contributed by atoms with van der Waals surface area (Å²) in [5, 5.41) is 2.75. The minimum absolute atomic E-state index is 0.147. The summed E-state index contributed by atoms with van der Waals surface area (Å²) in [5.41, 5.74) is 11.3. The summed E-state index contributed by atoms with van der Waals surface area (Å²) in [5.74, 6) is 1.80. The highest BCUT2D eigenvalue weighted by Crippen LogP contribution is 2.40. The molecule has 2 N–H and O–H groups in total. The molecule has 6 rings (SSSR count). The van der Waals surface area contributed by atoms with Crippen LogP contribution in [0.1, 0.15) is 23.0 Å². The van der Waals surface area contributed by atoms with Gasteiger partial charge >= 0.3 is 0 Å². The molecule has 0 bridgehead atoms. The van der Waals surface area contributed by atoms with E-state index in [0.29, 0.717) is 35.1 Å². The molecule has 3 aromatic heterocycles. The number of fused-ring (bicyclic) bond motifs is 2. The summed E-state index contributed by atoms with van der Waals surface area (Å²) in [7, 11) is 0. The quantitative estimate of drug-likeness (QED) is 0.313. The van der Waals surface area contributed by atoms with Gasteiger partial charge in [0.25, 0.3) is 0 Å². The van der Waals surface area contributed by atoms with Crippen molar-refractivity contribution in [1.29, 1.82) is 0 Å². The zero-order valence-electron chi connectivity index (χ0n) is 18.9. The number of aromatic nitrogens is 2. The lowest BCUT2D eigenvalue weighted by Gasteiger charge is -2.05. The SMILES string of the molecule is CCOc1ccc(-c2csc(-c3c(N)c(C(=O)c4ccc5c(c4)OCO5)n4ccccc34)n2)cc1. The van der Waals surface area contributed by atoms with Gasteiger partial charge in [-0.25, -0.2) is 4.98 Å². The molecule has 0 unspecified atom stereocenters. The Hall–Kier alpha value is -4.30. The van der Waals surface area contributed by atoms with Gasteiger partial charge in [0.2, 0.25) is 12.6 Å². The Morgan fingerprint density at radius 2 is 1.94 bits per heavy atom. The van der Waals surface area contributed by atoms with Gasteiger partial charge in [-0.3, -0.25) is 4.79 Å². The third-order valence-electron chi connectivity index (χ3n) is 5.91. The number of carbonyl (C=O) groups excluding carboxylic acids is 1. The molecular formula is C27H21N3O4S. The number of ketones is 1. The molecule has 0 saturated carbocycles. The molecule has 35 heavy (non-hydrogen) atoms. The van der Waals surface area contributed by atoms with Gasteiger partial charge < -0.3 is 24.3 Å². The van der Waals surface area contributed by atoms with E-state index in [1.165, 1.54) is 11.3 Å². The summed E-state index contributed by atoms with van der Waals surface area (Å²) in [6.45, 7) is 2.72. The van der Waals surface area contributed by atoms with Crippen LogP contribution in [0.25, 0.3) is 27.3 Å². The van der Waals surface area contributed by atoms with E-state index >= 15 is 0 Å². The molecule has 7 nitrogen and oxygen atoms in total. The van der Waals surface area contributed by atoms with Crippen molar-refractivity contribution in [3.05, 3.63) is 83.5 Å². The highest BCUT2D eigenvalue weighted by atomic mass is 32.1. The van der Waals surface area contributed by atoms with Crippen molar-refractivity contribution in [3.8, 4) is 39.1 Å². The van der Waals surface area contributed by atoms with E-state index in [4.69, 9.17) is 24.9 Å². The average Bonchev–Trinajstić information content (AvgIpc) is 3.61. The van der Waals surface area contributed by atoms with E-state index in [-0.39, 0.29) is 12.6 Å². The van der Waals surface area contributed by atoms with Crippen LogP contribution in [0.2, 0.25) is 0 Å². The van der Waals surface area contributed by atoms with Gasteiger partial charge in [-0.05, 0) is 61.5 Å². The van der Waals surface area contributed by atoms with Crippen LogP contribution in [0.4, 0.5) is 5.69 Å². The number of rotatable bonds is 6. The summed E-state index contributed by atoms with van der Waals surface area (Å²) >= 11 is 1.49. The molecule has 0 saturated heterocycles. The predicted molar refractivity (Wildman–Crippen MR) is 136 cm³/mol. The first kappa shape index (κ1) is 21.2. The van der Waals surface area contributed by atoms with Crippen LogP contribution < -0.4 is 19.9 Å². The fraction of sp³-hybridized carbons (Fsp3) is 0.111. The lowest BCUT2D eigenvalue weighted by Crippen LogP contribution is -2.08. The number of benzene rings is 2. The number of hydrogen-bond acceptors (Lipinski definition) is 7. The van der Waals surface area contributed by atoms with Crippen molar-refractivity contribution in [2.24, 2.45) is 0 Å². The Morgan fingerprint density at radius 3 is 2.77 bits per heavy atom. The number of hydrogen-bond donors (Lipinski definition) is 1. The Morgan fingerprint density at radius 1 is 1.11 bits per heavy atom. The first-order valence-electron chi connectivity index (χ1n) is 11.2. The van der Waals surface area contributed by atoms with Gasteiger partial charge in [-0.15, -0.1) is 11.3 Å². The minimum atomic E-state index is -0.198. The maximum Gasteiger partial charge on any atom is 0.231 e. The van der Waals surface area contributed by atoms with Crippen LogP contribution in [-0.4, -0.2) is 28.6 Å². The molecule has 0 aliphatic carbocycles. The van der Waals surface area contributed by atoms with Gasteiger partial charge in [0.05, 0.1) is 29.1 Å². The summed E-state index contributed by atoms with van der Waals surface area (Å²) < 4.78 is 18.2. The van der Waals surface area contributed by atoms with Crippen molar-refractivity contribution >= 4 is 28.3 Å². The maximum absolute atomic E-state index is 13.6. The monoisotopic (exact) mass is 483 g/mol. The van der Waals surface area contributed by atoms with Crippen LogP contribution in [-0.2, 0) is 0 Å². The molecule has 0 spiro atoms. The molecule has 0 fully saturated rings. The predicted octanol–water partition coefficient (Wildman–Crippen LogP) is 5.67. The largest absolute Gasteiger partial charge is 0.494 e. The molecule has 174 valence electrons. The first-order chi connectivity index (χ1) is 17.1. The van der Waals surface area contributed by atoms with Crippen LogP contribution in [0.3, 0.4) is 0 Å². The first-order valence-corrected chi connectivity index (χ1v) is 12.0. The Kier molecular flexibility index (Phi) is 5.15. The normalized spacial score (nSPS) is 12.3. The number of nitrogens with zero attached hydrogens (tertiary/aromatic N) is 2. The van der Waals surface area contributed by atoms with Crippen molar-refractivity contribution in [2.45, 2.75) is 6.92 Å². The highest BCUT2D eigenvalue weighted by Gasteiger charge is 2.26. The minimum Gasteiger partial charge on any atom is -0.494 e. The van der Waals surface area contributed by atoms with Crippen LogP contribution >= 0.6 is 11.3 Å². The van der Waals surface area contributed by atoms with Crippen molar-refractivity contribution in [3.63, 3.8) is 0 Å². The summed E-state index contributed by atoms with van der Waals surface area (Å²) in [6.07, 6.45) is 1.84. The molecule has 0 radical (unpaired) electrons. The molecule has 1 aliphatic heterocycles. The van der Waals surface area contributed by atoms with Gasteiger partial charge in [0, 0.05) is 22.7 Å². The second-order valence-electron chi connectivity index (χ2n) is 7.99.